The van der Waals surface area contributed by atoms with Crippen molar-refractivity contribution in [2.75, 3.05) is 19.6 Å². The summed E-state index contributed by atoms with van der Waals surface area (Å²) in [6.07, 6.45) is 2.71. The van der Waals surface area contributed by atoms with Gasteiger partial charge in [-0.1, -0.05) is 6.07 Å². The number of alkyl carbamates (subject to hydrolysis) is 1. The van der Waals surface area contributed by atoms with Crippen molar-refractivity contribution in [2.24, 2.45) is 0 Å². The first kappa shape index (κ1) is 26.9. The fourth-order valence-corrected chi connectivity index (χ4v) is 6.55. The molecule has 0 saturated carbocycles. The van der Waals surface area contributed by atoms with Gasteiger partial charge in [-0.05, 0) is 76.1 Å². The summed E-state index contributed by atoms with van der Waals surface area (Å²) < 4.78 is 5.41. The lowest BCUT2D eigenvalue weighted by Gasteiger charge is -2.39. The summed E-state index contributed by atoms with van der Waals surface area (Å²) in [6.45, 7) is 6.39. The van der Waals surface area contributed by atoms with Gasteiger partial charge in [-0.2, -0.15) is 5.26 Å². The van der Waals surface area contributed by atoms with E-state index in [1.54, 1.807) is 32.9 Å². The number of fused-ring (bicyclic) bond motifs is 3. The molecule has 3 fully saturated rings. The molecule has 5 atom stereocenters. The largest absolute Gasteiger partial charge is 0.478 e. The van der Waals surface area contributed by atoms with Crippen molar-refractivity contribution in [3.05, 3.63) is 34.9 Å². The number of rotatable bonds is 6. The van der Waals surface area contributed by atoms with Crippen LogP contribution in [0.4, 0.5) is 4.79 Å². The maximum atomic E-state index is 13.6. The summed E-state index contributed by atoms with van der Waals surface area (Å²) >= 11 is 0. The number of ether oxygens (including phenoxy) is 1. The number of carboxylic acid groups (broad SMARTS) is 1. The zero-order valence-electron chi connectivity index (χ0n) is 22.6. The number of nitrogens with one attached hydrogen (secondary N) is 1. The molecule has 5 rings (SSSR count). The third kappa shape index (κ3) is 5.17. The minimum absolute atomic E-state index is 0.00838. The maximum absolute atomic E-state index is 13.6. The number of carbonyl (C=O) groups is 4. The first-order valence-corrected chi connectivity index (χ1v) is 13.6. The number of hydrogen-bond acceptors (Lipinski definition) is 7. The molecule has 0 aromatic heterocycles. The number of carboxylic acids is 1. The van der Waals surface area contributed by atoms with Gasteiger partial charge >= 0.3 is 12.1 Å². The number of piperazine rings is 1. The van der Waals surface area contributed by atoms with Crippen LogP contribution in [0.2, 0.25) is 0 Å². The third-order valence-corrected chi connectivity index (χ3v) is 8.18. The molecule has 2 bridgehead atoms. The lowest BCUT2D eigenvalue weighted by molar-refractivity contribution is -0.141. The summed E-state index contributed by atoms with van der Waals surface area (Å²) in [6, 6.07) is 5.29. The van der Waals surface area contributed by atoms with Gasteiger partial charge in [0.2, 0.25) is 11.8 Å². The molecule has 2 N–H and O–H groups in total. The highest BCUT2D eigenvalue weighted by Crippen LogP contribution is 2.44. The number of nitriles is 1. The first-order valence-electron chi connectivity index (χ1n) is 13.6. The molecular formula is C28H35N5O6. The zero-order valence-corrected chi connectivity index (χ0v) is 22.6. The standard InChI is InChI=1S/C28H35N5O6/c1-28(2,3)39-27(38)30-21(24(34)32-10-4-5-18(32)13-29)15-31-14-19-12-23(31)25(35)33(19)22-9-7-16-11-17(26(36)37)6-8-20(16)22/h6,8,11,18-19,21-23H,4-5,7,9-10,12,14-15H2,1-3H3,(H,30,38)(H,36,37)/t18-,19?,21-,22?,23-/m0/s1. The zero-order chi connectivity index (χ0) is 28.1. The second-order valence-electron chi connectivity index (χ2n) is 11.9. The van der Waals surface area contributed by atoms with Crippen molar-refractivity contribution in [3.8, 4) is 6.07 Å². The Morgan fingerprint density at radius 2 is 2.00 bits per heavy atom. The highest BCUT2D eigenvalue weighted by molar-refractivity contribution is 5.89. The van der Waals surface area contributed by atoms with Crippen LogP contribution in [0.15, 0.2) is 18.2 Å². The Labute approximate surface area is 227 Å². The summed E-state index contributed by atoms with van der Waals surface area (Å²) in [5, 5.41) is 21.5. The van der Waals surface area contributed by atoms with Crippen molar-refractivity contribution in [3.63, 3.8) is 0 Å². The van der Waals surface area contributed by atoms with E-state index in [-0.39, 0.29) is 36.0 Å². The van der Waals surface area contributed by atoms with Crippen molar-refractivity contribution in [2.45, 2.75) is 88.7 Å². The van der Waals surface area contributed by atoms with Crippen molar-refractivity contribution in [1.29, 1.82) is 5.26 Å². The fraction of sp³-hybridized carbons (Fsp3) is 0.607. The maximum Gasteiger partial charge on any atom is 0.408 e. The predicted octanol–water partition coefficient (Wildman–Crippen LogP) is 2.07. The number of aromatic carboxylic acids is 1. The molecular weight excluding hydrogens is 502 g/mol. The molecule has 4 aliphatic rings. The molecule has 1 aromatic carbocycles. The second-order valence-corrected chi connectivity index (χ2v) is 11.9. The van der Waals surface area contributed by atoms with Crippen LogP contribution >= 0.6 is 0 Å². The third-order valence-electron chi connectivity index (χ3n) is 8.18. The minimum Gasteiger partial charge on any atom is -0.478 e. The quantitative estimate of drug-likeness (QED) is 0.561. The number of likely N-dealkylation sites (tertiary alicyclic amines) is 3. The minimum atomic E-state index is -0.965. The van der Waals surface area contributed by atoms with E-state index in [1.165, 1.54) is 4.90 Å². The van der Waals surface area contributed by atoms with E-state index in [9.17, 15) is 29.5 Å². The molecule has 3 aliphatic heterocycles. The van der Waals surface area contributed by atoms with Crippen molar-refractivity contribution >= 4 is 23.9 Å². The predicted molar refractivity (Wildman–Crippen MR) is 139 cm³/mol. The van der Waals surface area contributed by atoms with E-state index < -0.39 is 35.8 Å². The molecule has 39 heavy (non-hydrogen) atoms. The van der Waals surface area contributed by atoms with Gasteiger partial charge < -0.3 is 25.0 Å². The second kappa shape index (κ2) is 10.2. The molecule has 1 aromatic rings. The van der Waals surface area contributed by atoms with E-state index in [2.05, 4.69) is 11.4 Å². The number of benzene rings is 1. The number of aryl methyl sites for hydroxylation is 1. The van der Waals surface area contributed by atoms with E-state index in [1.807, 2.05) is 15.9 Å². The number of nitrogens with zero attached hydrogens (tertiary/aromatic N) is 4. The Morgan fingerprint density at radius 1 is 1.23 bits per heavy atom. The van der Waals surface area contributed by atoms with Crippen LogP contribution in [-0.4, -0.2) is 93.1 Å². The van der Waals surface area contributed by atoms with Crippen LogP contribution in [0.1, 0.15) is 74.0 Å². The Morgan fingerprint density at radius 3 is 2.67 bits per heavy atom. The number of hydrogen-bond donors (Lipinski definition) is 2. The van der Waals surface area contributed by atoms with Gasteiger partial charge in [0.1, 0.15) is 17.7 Å². The summed E-state index contributed by atoms with van der Waals surface area (Å²) in [7, 11) is 0. The highest BCUT2D eigenvalue weighted by atomic mass is 16.6. The SMILES string of the molecule is CC(C)(C)OC(=O)N[C@@H](CN1CC2C[C@H]1C(=O)N2C1CCc2cc(C(=O)O)ccc21)C(=O)N1CCC[C@H]1C#N. The van der Waals surface area contributed by atoms with Gasteiger partial charge in [0.25, 0.3) is 0 Å². The van der Waals surface area contributed by atoms with Crippen molar-refractivity contribution in [1.82, 2.24) is 20.0 Å². The van der Waals surface area contributed by atoms with Crippen LogP contribution in [0.5, 0.6) is 0 Å². The van der Waals surface area contributed by atoms with Crippen LogP contribution in [0.3, 0.4) is 0 Å². The van der Waals surface area contributed by atoms with E-state index >= 15 is 0 Å². The molecule has 2 unspecified atom stereocenters. The van der Waals surface area contributed by atoms with E-state index in [0.29, 0.717) is 25.9 Å². The monoisotopic (exact) mass is 537 g/mol. The molecule has 0 spiro atoms. The topological polar surface area (TPSA) is 143 Å². The van der Waals surface area contributed by atoms with Gasteiger partial charge in [-0.15, -0.1) is 0 Å². The molecule has 3 heterocycles. The van der Waals surface area contributed by atoms with Gasteiger partial charge in [-0.3, -0.25) is 14.5 Å². The highest BCUT2D eigenvalue weighted by Gasteiger charge is 2.53. The van der Waals surface area contributed by atoms with Crippen molar-refractivity contribution < 1.29 is 29.0 Å². The molecule has 3 saturated heterocycles. The van der Waals surface area contributed by atoms with Gasteiger partial charge in [0, 0.05) is 25.7 Å². The van der Waals surface area contributed by atoms with Crippen LogP contribution in [-0.2, 0) is 20.7 Å². The van der Waals surface area contributed by atoms with Gasteiger partial charge in [0.15, 0.2) is 0 Å². The Hall–Kier alpha value is -3.65. The summed E-state index contributed by atoms with van der Waals surface area (Å²) in [5.74, 6) is -1.31. The average molecular weight is 538 g/mol. The van der Waals surface area contributed by atoms with E-state index in [0.717, 1.165) is 30.4 Å². The molecule has 11 nitrogen and oxygen atoms in total. The number of amides is 3. The van der Waals surface area contributed by atoms with Crippen LogP contribution < -0.4 is 5.32 Å². The molecule has 0 radical (unpaired) electrons. The van der Waals surface area contributed by atoms with Gasteiger partial charge in [-0.25, -0.2) is 9.59 Å². The Bertz CT molecular complexity index is 1240. The number of carbonyl (C=O) groups excluding carboxylic acids is 3. The molecule has 11 heteroatoms. The fourth-order valence-electron chi connectivity index (χ4n) is 6.55. The Balaban J connectivity index is 1.30. The lowest BCUT2D eigenvalue weighted by Crippen LogP contribution is -2.59. The lowest BCUT2D eigenvalue weighted by atomic mass is 10.0. The smallest absolute Gasteiger partial charge is 0.408 e. The van der Waals surface area contributed by atoms with Gasteiger partial charge in [0.05, 0.1) is 23.7 Å². The molecule has 1 aliphatic carbocycles. The normalized spacial score (nSPS) is 26.9. The average Bonchev–Trinajstić information content (AvgIpc) is 3.64. The molecule has 208 valence electrons. The Kier molecular flexibility index (Phi) is 7.01. The first-order chi connectivity index (χ1) is 18.5. The van der Waals surface area contributed by atoms with E-state index in [4.69, 9.17) is 4.74 Å². The van der Waals surface area contributed by atoms with Crippen LogP contribution in [0, 0.1) is 11.3 Å². The van der Waals surface area contributed by atoms with Crippen LogP contribution in [0.25, 0.3) is 0 Å². The summed E-state index contributed by atoms with van der Waals surface area (Å²) in [4.78, 5) is 56.6. The molecule has 3 amide bonds. The summed E-state index contributed by atoms with van der Waals surface area (Å²) in [5.41, 5.74) is 1.48.